The van der Waals surface area contributed by atoms with Gasteiger partial charge in [0, 0.05) is 19.1 Å². The minimum Gasteiger partial charge on any atom is -0.326 e. The van der Waals surface area contributed by atoms with E-state index >= 15 is 0 Å². The average molecular weight is 331 g/mol. The normalized spacial score (nSPS) is 20.7. The maximum atomic E-state index is 12.4. The summed E-state index contributed by atoms with van der Waals surface area (Å²) < 4.78 is 62.6. The molecule has 2 rings (SSSR count). The zero-order chi connectivity index (χ0) is 14.3. The number of sulfonamides is 1. The van der Waals surface area contributed by atoms with Crippen molar-refractivity contribution in [3.05, 3.63) is 29.8 Å². The molecule has 0 unspecified atom stereocenters. The van der Waals surface area contributed by atoms with Crippen LogP contribution in [0.2, 0.25) is 0 Å². The Morgan fingerprint density at radius 3 is 2.15 bits per heavy atom. The van der Waals surface area contributed by atoms with E-state index in [0.29, 0.717) is 13.0 Å². The summed E-state index contributed by atoms with van der Waals surface area (Å²) in [5, 5.41) is 0. The van der Waals surface area contributed by atoms with Crippen LogP contribution in [-0.2, 0) is 16.2 Å². The Morgan fingerprint density at radius 2 is 1.75 bits per heavy atom. The second-order valence-corrected chi connectivity index (χ2v) is 6.37. The number of hydrogen-bond acceptors (Lipinski definition) is 3. The molecule has 0 saturated carbocycles. The number of benzene rings is 1. The first-order valence-corrected chi connectivity index (χ1v) is 7.08. The monoisotopic (exact) mass is 330 g/mol. The topological polar surface area (TPSA) is 63.4 Å². The van der Waals surface area contributed by atoms with Crippen molar-refractivity contribution in [2.24, 2.45) is 5.73 Å². The first kappa shape index (κ1) is 17.2. The van der Waals surface area contributed by atoms with Gasteiger partial charge in [0.05, 0.1) is 10.5 Å². The molecule has 0 spiro atoms. The van der Waals surface area contributed by atoms with Gasteiger partial charge in [0.2, 0.25) is 10.0 Å². The van der Waals surface area contributed by atoms with Crippen LogP contribution >= 0.6 is 12.4 Å². The van der Waals surface area contributed by atoms with E-state index in [0.717, 1.165) is 24.3 Å². The SMILES string of the molecule is Cl.N[C@H]1CCN(S(=O)(=O)c2ccc(C(F)(F)F)cc2)C1. The first-order chi connectivity index (χ1) is 8.71. The third-order valence-electron chi connectivity index (χ3n) is 3.01. The van der Waals surface area contributed by atoms with Gasteiger partial charge in [-0.25, -0.2) is 8.42 Å². The highest BCUT2D eigenvalue weighted by atomic mass is 35.5. The molecule has 4 nitrogen and oxygen atoms in total. The molecule has 1 atom stereocenters. The summed E-state index contributed by atoms with van der Waals surface area (Å²) in [6.45, 7) is 0.494. The predicted molar refractivity (Wildman–Crippen MR) is 70.0 cm³/mol. The highest BCUT2D eigenvalue weighted by Gasteiger charge is 2.33. The molecule has 1 heterocycles. The fourth-order valence-electron chi connectivity index (χ4n) is 1.94. The van der Waals surface area contributed by atoms with Crippen LogP contribution in [0, 0.1) is 0 Å². The van der Waals surface area contributed by atoms with E-state index in [-0.39, 0.29) is 29.9 Å². The van der Waals surface area contributed by atoms with Gasteiger partial charge in [-0.05, 0) is 30.7 Å². The standard InChI is InChI=1S/C11H13F3N2O2S.ClH/c12-11(13,14)8-1-3-10(4-2-8)19(17,18)16-6-5-9(15)7-16;/h1-4,9H,5-7,15H2;1H/t9-;/m0./s1. The van der Waals surface area contributed by atoms with Gasteiger partial charge in [-0.3, -0.25) is 0 Å². The lowest BCUT2D eigenvalue weighted by atomic mass is 10.2. The average Bonchev–Trinajstić information content (AvgIpc) is 2.76. The molecular weight excluding hydrogens is 317 g/mol. The molecule has 1 aromatic carbocycles. The van der Waals surface area contributed by atoms with Crippen LogP contribution < -0.4 is 5.73 Å². The zero-order valence-corrected chi connectivity index (χ0v) is 11.9. The summed E-state index contributed by atoms with van der Waals surface area (Å²) in [6, 6.07) is 3.26. The van der Waals surface area contributed by atoms with E-state index in [1.54, 1.807) is 0 Å². The summed E-state index contributed by atoms with van der Waals surface area (Å²) in [5.74, 6) is 0. The molecule has 0 radical (unpaired) electrons. The van der Waals surface area contributed by atoms with E-state index in [1.807, 2.05) is 0 Å². The van der Waals surface area contributed by atoms with Crippen molar-refractivity contribution in [3.8, 4) is 0 Å². The van der Waals surface area contributed by atoms with Crippen molar-refractivity contribution in [2.75, 3.05) is 13.1 Å². The Bertz CT molecular complexity index is 560. The lowest BCUT2D eigenvalue weighted by Gasteiger charge is -2.16. The molecule has 114 valence electrons. The molecule has 0 amide bonds. The Morgan fingerprint density at radius 1 is 1.20 bits per heavy atom. The first-order valence-electron chi connectivity index (χ1n) is 5.64. The van der Waals surface area contributed by atoms with Crippen LogP contribution in [0.3, 0.4) is 0 Å². The number of hydrogen-bond donors (Lipinski definition) is 1. The van der Waals surface area contributed by atoms with Crippen molar-refractivity contribution in [3.63, 3.8) is 0 Å². The summed E-state index contributed by atoms with van der Waals surface area (Å²) >= 11 is 0. The molecule has 0 aromatic heterocycles. The largest absolute Gasteiger partial charge is 0.416 e. The minimum absolute atomic E-state index is 0. The van der Waals surface area contributed by atoms with Gasteiger partial charge in [-0.1, -0.05) is 0 Å². The Kier molecular flexibility index (Phi) is 5.07. The van der Waals surface area contributed by atoms with Crippen LogP contribution in [0.1, 0.15) is 12.0 Å². The maximum absolute atomic E-state index is 12.4. The van der Waals surface area contributed by atoms with Crippen molar-refractivity contribution < 1.29 is 21.6 Å². The van der Waals surface area contributed by atoms with Crippen LogP contribution in [-0.4, -0.2) is 31.9 Å². The lowest BCUT2D eigenvalue weighted by Crippen LogP contribution is -2.32. The van der Waals surface area contributed by atoms with E-state index in [9.17, 15) is 21.6 Å². The van der Waals surface area contributed by atoms with Crippen LogP contribution in [0.5, 0.6) is 0 Å². The van der Waals surface area contributed by atoms with Crippen LogP contribution in [0.4, 0.5) is 13.2 Å². The van der Waals surface area contributed by atoms with E-state index in [4.69, 9.17) is 5.73 Å². The molecule has 0 aliphatic carbocycles. The second kappa shape index (κ2) is 5.88. The van der Waals surface area contributed by atoms with Crippen molar-refractivity contribution >= 4 is 22.4 Å². The summed E-state index contributed by atoms with van der Waals surface area (Å²) in [4.78, 5) is -0.144. The molecule has 1 aliphatic heterocycles. The van der Waals surface area contributed by atoms with Gasteiger partial charge >= 0.3 is 6.18 Å². The third kappa shape index (κ3) is 3.43. The number of nitrogens with two attached hydrogens (primary N) is 1. The fraction of sp³-hybridized carbons (Fsp3) is 0.455. The number of nitrogens with zero attached hydrogens (tertiary/aromatic N) is 1. The van der Waals surface area contributed by atoms with E-state index in [1.165, 1.54) is 4.31 Å². The number of halogens is 4. The van der Waals surface area contributed by atoms with Gasteiger partial charge in [0.25, 0.3) is 0 Å². The predicted octanol–water partition coefficient (Wildman–Crippen LogP) is 1.85. The molecule has 1 saturated heterocycles. The summed E-state index contributed by atoms with van der Waals surface area (Å²) in [5.41, 5.74) is 4.76. The molecule has 9 heteroatoms. The highest BCUT2D eigenvalue weighted by Crippen LogP contribution is 2.30. The van der Waals surface area contributed by atoms with Crippen molar-refractivity contribution in [2.45, 2.75) is 23.5 Å². The summed E-state index contributed by atoms with van der Waals surface area (Å²) in [7, 11) is -3.75. The molecule has 2 N–H and O–H groups in total. The molecular formula is C11H14ClF3N2O2S. The Balaban J connectivity index is 0.00000200. The molecule has 0 bridgehead atoms. The fourth-order valence-corrected chi connectivity index (χ4v) is 3.45. The van der Waals surface area contributed by atoms with Gasteiger partial charge in [0.1, 0.15) is 0 Å². The molecule has 1 fully saturated rings. The van der Waals surface area contributed by atoms with Crippen molar-refractivity contribution in [1.82, 2.24) is 4.31 Å². The number of alkyl halides is 3. The zero-order valence-electron chi connectivity index (χ0n) is 10.3. The maximum Gasteiger partial charge on any atom is 0.416 e. The van der Waals surface area contributed by atoms with E-state index in [2.05, 4.69) is 0 Å². The van der Waals surface area contributed by atoms with Gasteiger partial charge in [-0.15, -0.1) is 12.4 Å². The van der Waals surface area contributed by atoms with Crippen molar-refractivity contribution in [1.29, 1.82) is 0 Å². The van der Waals surface area contributed by atoms with Crippen LogP contribution in [0.25, 0.3) is 0 Å². The van der Waals surface area contributed by atoms with Gasteiger partial charge in [0.15, 0.2) is 0 Å². The van der Waals surface area contributed by atoms with E-state index < -0.39 is 21.8 Å². The molecule has 1 aromatic rings. The number of rotatable bonds is 2. The highest BCUT2D eigenvalue weighted by molar-refractivity contribution is 7.89. The Hall–Kier alpha value is -0.830. The Labute approximate surface area is 121 Å². The smallest absolute Gasteiger partial charge is 0.326 e. The van der Waals surface area contributed by atoms with Crippen LogP contribution in [0.15, 0.2) is 29.2 Å². The quantitative estimate of drug-likeness (QED) is 0.900. The molecule has 20 heavy (non-hydrogen) atoms. The third-order valence-corrected chi connectivity index (χ3v) is 4.89. The molecule has 1 aliphatic rings. The second-order valence-electron chi connectivity index (χ2n) is 4.43. The summed E-state index contributed by atoms with van der Waals surface area (Å²) in [6.07, 6.45) is -3.92. The minimum atomic E-state index is -4.47. The van der Waals surface area contributed by atoms with Gasteiger partial charge < -0.3 is 5.73 Å². The lowest BCUT2D eigenvalue weighted by molar-refractivity contribution is -0.137. The van der Waals surface area contributed by atoms with Gasteiger partial charge in [-0.2, -0.15) is 17.5 Å².